The van der Waals surface area contributed by atoms with Gasteiger partial charge in [-0.15, -0.1) is 0 Å². The first-order valence-electron chi connectivity index (χ1n) is 8.23. The molecule has 1 amide bonds. The van der Waals surface area contributed by atoms with E-state index in [1.165, 1.54) is 6.07 Å². The number of halogens is 3. The van der Waals surface area contributed by atoms with Crippen molar-refractivity contribution in [3.05, 3.63) is 30.1 Å². The molecule has 0 aliphatic carbocycles. The lowest BCUT2D eigenvalue weighted by Crippen LogP contribution is -2.45. The van der Waals surface area contributed by atoms with Crippen LogP contribution >= 0.6 is 0 Å². The zero-order valence-corrected chi connectivity index (χ0v) is 13.5. The number of likely N-dealkylation sites (tertiary alicyclic amines) is 1. The highest BCUT2D eigenvalue weighted by Gasteiger charge is 2.38. The first kappa shape index (κ1) is 16.8. The molecule has 0 bridgehead atoms. The second kappa shape index (κ2) is 6.45. The van der Waals surface area contributed by atoms with Crippen molar-refractivity contribution in [3.63, 3.8) is 0 Å². The van der Waals surface area contributed by atoms with Crippen molar-refractivity contribution in [1.29, 1.82) is 0 Å². The van der Waals surface area contributed by atoms with Gasteiger partial charge in [-0.05, 0) is 37.8 Å². The molecule has 1 aromatic carbocycles. The number of hydrogen-bond acceptors (Lipinski definition) is 2. The van der Waals surface area contributed by atoms with E-state index in [1.807, 2.05) is 6.92 Å². The quantitative estimate of drug-likeness (QED) is 0.852. The normalized spacial score (nSPS) is 19.0. The molecule has 7 heteroatoms. The summed E-state index contributed by atoms with van der Waals surface area (Å²) >= 11 is 0. The predicted octanol–water partition coefficient (Wildman–Crippen LogP) is 3.85. The zero-order valence-electron chi connectivity index (χ0n) is 13.5. The Morgan fingerprint density at radius 1 is 1.29 bits per heavy atom. The van der Waals surface area contributed by atoms with Gasteiger partial charge in [0.1, 0.15) is 6.54 Å². The van der Waals surface area contributed by atoms with Crippen molar-refractivity contribution in [3.8, 4) is 0 Å². The minimum absolute atomic E-state index is 0.121. The van der Waals surface area contributed by atoms with Gasteiger partial charge in [0.25, 0.3) is 0 Å². The lowest BCUT2D eigenvalue weighted by atomic mass is 10.00. The Morgan fingerprint density at radius 2 is 2.04 bits per heavy atom. The summed E-state index contributed by atoms with van der Waals surface area (Å²) in [5.74, 6) is -1.28. The highest BCUT2D eigenvalue weighted by molar-refractivity contribution is 5.81. The van der Waals surface area contributed by atoms with Crippen molar-refractivity contribution in [2.75, 3.05) is 6.54 Å². The zero-order chi connectivity index (χ0) is 17.3. The third-order valence-corrected chi connectivity index (χ3v) is 4.62. The molecule has 1 fully saturated rings. The third kappa shape index (κ3) is 3.12. The van der Waals surface area contributed by atoms with E-state index in [0.29, 0.717) is 12.1 Å². The maximum absolute atomic E-state index is 13.3. The molecule has 2 aromatic rings. The molecule has 2 heterocycles. The molecule has 1 aromatic heterocycles. The summed E-state index contributed by atoms with van der Waals surface area (Å²) in [6, 6.07) is 6.51. The van der Waals surface area contributed by atoms with Crippen LogP contribution in [0.5, 0.6) is 0 Å². The predicted molar refractivity (Wildman–Crippen MR) is 84.4 cm³/mol. The van der Waals surface area contributed by atoms with Gasteiger partial charge in [0.2, 0.25) is 11.7 Å². The van der Waals surface area contributed by atoms with Crippen molar-refractivity contribution < 1.29 is 18.0 Å². The number of carbonyl (C=O) groups is 1. The number of amides is 1. The number of piperidine rings is 1. The van der Waals surface area contributed by atoms with E-state index in [2.05, 4.69) is 4.98 Å². The molecule has 24 heavy (non-hydrogen) atoms. The Morgan fingerprint density at radius 3 is 2.75 bits per heavy atom. The Hall–Kier alpha value is -2.05. The number of hydrogen-bond donors (Lipinski definition) is 0. The summed E-state index contributed by atoms with van der Waals surface area (Å²) in [6.45, 7) is 2.29. The summed E-state index contributed by atoms with van der Waals surface area (Å²) in [7, 11) is 0. The third-order valence-electron chi connectivity index (χ3n) is 4.62. The number of nitrogens with zero attached hydrogens (tertiary/aromatic N) is 3. The van der Waals surface area contributed by atoms with Crippen LogP contribution in [0, 0.1) is 0 Å². The molecule has 1 aliphatic heterocycles. The summed E-state index contributed by atoms with van der Waals surface area (Å²) in [6.07, 6.45) is -0.893. The fourth-order valence-electron chi connectivity index (χ4n) is 3.43. The van der Waals surface area contributed by atoms with Crippen LogP contribution in [0.1, 0.15) is 38.4 Å². The largest absolute Gasteiger partial charge is 0.449 e. The Bertz CT molecular complexity index is 738. The number of fused-ring (bicyclic) bond motifs is 1. The minimum atomic E-state index is -4.59. The van der Waals surface area contributed by atoms with Crippen molar-refractivity contribution in [2.45, 2.75) is 51.4 Å². The monoisotopic (exact) mass is 339 g/mol. The molecule has 4 nitrogen and oxygen atoms in total. The van der Waals surface area contributed by atoms with E-state index >= 15 is 0 Å². The van der Waals surface area contributed by atoms with Crippen molar-refractivity contribution in [2.24, 2.45) is 0 Å². The highest BCUT2D eigenvalue weighted by Crippen LogP contribution is 2.32. The number of alkyl halides is 3. The Balaban J connectivity index is 1.95. The number of para-hydroxylation sites is 2. The number of rotatable bonds is 3. The fraction of sp³-hybridized carbons (Fsp3) is 0.529. The van der Waals surface area contributed by atoms with Gasteiger partial charge >= 0.3 is 6.18 Å². The van der Waals surface area contributed by atoms with Gasteiger partial charge in [0.05, 0.1) is 11.0 Å². The van der Waals surface area contributed by atoms with Crippen molar-refractivity contribution >= 4 is 16.9 Å². The SMILES string of the molecule is CCC1CCCCN1C(=O)Cn1c(C(F)(F)F)nc2ccccc21. The second-order valence-corrected chi connectivity index (χ2v) is 6.15. The lowest BCUT2D eigenvalue weighted by molar-refractivity contribution is -0.148. The number of aromatic nitrogens is 2. The molecule has 130 valence electrons. The van der Waals surface area contributed by atoms with Crippen LogP contribution in [0.4, 0.5) is 13.2 Å². The molecule has 0 radical (unpaired) electrons. The Labute approximate surface area is 138 Å². The molecular weight excluding hydrogens is 319 g/mol. The molecular formula is C17H20F3N3O. The van der Waals surface area contributed by atoms with Crippen LogP contribution in [0.2, 0.25) is 0 Å². The first-order valence-corrected chi connectivity index (χ1v) is 8.23. The Kier molecular flexibility index (Phi) is 4.51. The fourth-order valence-corrected chi connectivity index (χ4v) is 3.43. The van der Waals surface area contributed by atoms with E-state index in [9.17, 15) is 18.0 Å². The van der Waals surface area contributed by atoms with Gasteiger partial charge in [-0.2, -0.15) is 13.2 Å². The first-order chi connectivity index (χ1) is 11.4. The summed E-state index contributed by atoms with van der Waals surface area (Å²) in [4.78, 5) is 18.1. The molecule has 1 saturated heterocycles. The average Bonchev–Trinajstić information content (AvgIpc) is 2.94. The maximum Gasteiger partial charge on any atom is 0.449 e. The lowest BCUT2D eigenvalue weighted by Gasteiger charge is -2.35. The molecule has 1 aliphatic rings. The van der Waals surface area contributed by atoms with Crippen LogP contribution in [-0.2, 0) is 17.5 Å². The van der Waals surface area contributed by atoms with E-state index in [-0.39, 0.29) is 24.0 Å². The average molecular weight is 339 g/mol. The molecule has 1 unspecified atom stereocenters. The van der Waals surface area contributed by atoms with Crippen LogP contribution in [-0.4, -0.2) is 32.9 Å². The second-order valence-electron chi connectivity index (χ2n) is 6.15. The standard InChI is InChI=1S/C17H20F3N3O/c1-2-12-7-5-6-10-22(12)15(24)11-23-14-9-4-3-8-13(14)21-16(23)17(18,19)20/h3-4,8-9,12H,2,5-7,10-11H2,1H3. The molecule has 0 N–H and O–H groups in total. The van der Waals surface area contributed by atoms with E-state index in [1.54, 1.807) is 23.1 Å². The van der Waals surface area contributed by atoms with Crippen LogP contribution < -0.4 is 0 Å². The molecule has 1 atom stereocenters. The highest BCUT2D eigenvalue weighted by atomic mass is 19.4. The minimum Gasteiger partial charge on any atom is -0.338 e. The summed E-state index contributed by atoms with van der Waals surface area (Å²) in [5.41, 5.74) is 0.589. The van der Waals surface area contributed by atoms with Crippen LogP contribution in [0.3, 0.4) is 0 Å². The van der Waals surface area contributed by atoms with Crippen molar-refractivity contribution in [1.82, 2.24) is 14.5 Å². The van der Waals surface area contributed by atoms with Gasteiger partial charge in [-0.1, -0.05) is 19.1 Å². The summed E-state index contributed by atoms with van der Waals surface area (Å²) < 4.78 is 40.9. The van der Waals surface area contributed by atoms with Gasteiger partial charge in [0.15, 0.2) is 0 Å². The topological polar surface area (TPSA) is 38.1 Å². The van der Waals surface area contributed by atoms with E-state index in [4.69, 9.17) is 0 Å². The smallest absolute Gasteiger partial charge is 0.338 e. The van der Waals surface area contributed by atoms with Gasteiger partial charge in [-0.3, -0.25) is 4.79 Å². The number of benzene rings is 1. The van der Waals surface area contributed by atoms with Crippen LogP contribution in [0.15, 0.2) is 24.3 Å². The van der Waals surface area contributed by atoms with E-state index < -0.39 is 12.0 Å². The van der Waals surface area contributed by atoms with Crippen LogP contribution in [0.25, 0.3) is 11.0 Å². The molecule has 0 spiro atoms. The van der Waals surface area contributed by atoms with Gasteiger partial charge in [0, 0.05) is 12.6 Å². The number of carbonyl (C=O) groups excluding carboxylic acids is 1. The molecule has 3 rings (SSSR count). The number of imidazole rings is 1. The summed E-state index contributed by atoms with van der Waals surface area (Å²) in [5, 5.41) is 0. The van der Waals surface area contributed by atoms with E-state index in [0.717, 1.165) is 30.3 Å². The maximum atomic E-state index is 13.3. The van der Waals surface area contributed by atoms with Gasteiger partial charge < -0.3 is 9.47 Å². The molecule has 0 saturated carbocycles. The van der Waals surface area contributed by atoms with Gasteiger partial charge in [-0.25, -0.2) is 4.98 Å².